The van der Waals surface area contributed by atoms with Crippen molar-refractivity contribution in [2.75, 3.05) is 45.3 Å². The van der Waals surface area contributed by atoms with Crippen LogP contribution in [0, 0.1) is 12.7 Å². The normalized spacial score (nSPS) is 13.9. The van der Waals surface area contributed by atoms with Gasteiger partial charge in [0.2, 0.25) is 0 Å². The van der Waals surface area contributed by atoms with Gasteiger partial charge in [0.05, 0.1) is 29.9 Å². The maximum Gasteiger partial charge on any atom is 0.417 e. The molecule has 1 aliphatic heterocycles. The summed E-state index contributed by atoms with van der Waals surface area (Å²) in [6.07, 6.45) is -5.44. The van der Waals surface area contributed by atoms with Crippen LogP contribution >= 0.6 is 0 Å². The van der Waals surface area contributed by atoms with Crippen LogP contribution in [0.25, 0.3) is 10.9 Å². The monoisotopic (exact) mass is 752 g/mol. The van der Waals surface area contributed by atoms with Gasteiger partial charge >= 0.3 is 18.8 Å². The Bertz CT molecular complexity index is 1980. The Labute approximate surface area is 300 Å². The van der Waals surface area contributed by atoms with Gasteiger partial charge in [0.15, 0.2) is 0 Å². The smallest absolute Gasteiger partial charge is 0.417 e. The van der Waals surface area contributed by atoms with Crippen molar-refractivity contribution in [3.8, 4) is 0 Å². The van der Waals surface area contributed by atoms with Crippen LogP contribution in [0.1, 0.15) is 43.7 Å². The summed E-state index contributed by atoms with van der Waals surface area (Å²) in [4.78, 5) is 42.6. The van der Waals surface area contributed by atoms with Gasteiger partial charge in [-0.1, -0.05) is 30.3 Å². The van der Waals surface area contributed by atoms with Crippen LogP contribution < -0.4 is 15.8 Å². The minimum atomic E-state index is -4.83. The Morgan fingerprint density at radius 2 is 1.62 bits per heavy atom. The van der Waals surface area contributed by atoms with Crippen LogP contribution in [0.15, 0.2) is 59.4 Å². The van der Waals surface area contributed by atoms with Gasteiger partial charge in [0, 0.05) is 56.2 Å². The number of ether oxygens (including phenoxy) is 1. The average molecular weight is 753 g/mol. The Morgan fingerprint density at radius 1 is 0.981 bits per heavy atom. The molecule has 9 nitrogen and oxygen atoms in total. The van der Waals surface area contributed by atoms with Crippen molar-refractivity contribution in [1.29, 1.82) is 0 Å². The van der Waals surface area contributed by atoms with Gasteiger partial charge in [-0.25, -0.2) is 9.18 Å². The molecule has 0 aliphatic carbocycles. The standard InChI is InChI=1S/C36H38F4N4O5.CHF3/c1-21-14-25(44-10-12-49-13-11-44)19-28(37)31(21)33(45)41-29(35(47)48)18-23-7-5-6-22(15-23)16-27-32(36(38,39)40)26-17-24(20-42(2)3)8-9-30(26)43(4)34(27)46;2-1(3)4/h5-9,14-15,17,19,29H,10-13,16,18,20H2,1-4H3,(H,41,45)(H,47,48);1H. The molecule has 0 spiro atoms. The molecule has 2 N–H and O–H groups in total. The van der Waals surface area contributed by atoms with Crippen LogP contribution in [-0.4, -0.2) is 79.6 Å². The minimum Gasteiger partial charge on any atom is -0.480 e. The van der Waals surface area contributed by atoms with Crippen molar-refractivity contribution in [2.45, 2.75) is 45.2 Å². The first-order valence-corrected chi connectivity index (χ1v) is 16.4. The maximum atomic E-state index is 15.2. The van der Waals surface area contributed by atoms with E-state index >= 15 is 4.39 Å². The van der Waals surface area contributed by atoms with E-state index in [2.05, 4.69) is 5.32 Å². The number of carbonyl (C=O) groups is 2. The minimum absolute atomic E-state index is 0.0886. The van der Waals surface area contributed by atoms with Crippen molar-refractivity contribution in [3.63, 3.8) is 0 Å². The zero-order valence-electron chi connectivity index (χ0n) is 29.4. The zero-order chi connectivity index (χ0) is 39.2. The fraction of sp³-hybridized carbons (Fsp3) is 0.378. The predicted octanol–water partition coefficient (Wildman–Crippen LogP) is 6.10. The fourth-order valence-electron chi connectivity index (χ4n) is 6.36. The Hall–Kier alpha value is -4.96. The molecule has 286 valence electrons. The summed E-state index contributed by atoms with van der Waals surface area (Å²) in [5.41, 5.74) is -0.0538. The number of morpholine rings is 1. The highest BCUT2D eigenvalue weighted by Crippen LogP contribution is 2.37. The molecule has 1 aromatic heterocycles. The third-order valence-electron chi connectivity index (χ3n) is 8.63. The number of aromatic nitrogens is 1. The number of alkyl halides is 6. The number of carboxylic acids is 1. The third-order valence-corrected chi connectivity index (χ3v) is 8.63. The number of amides is 1. The summed E-state index contributed by atoms with van der Waals surface area (Å²) < 4.78 is 94.8. The van der Waals surface area contributed by atoms with Crippen molar-refractivity contribution < 1.29 is 50.2 Å². The van der Waals surface area contributed by atoms with Crippen LogP contribution in [0.5, 0.6) is 0 Å². The lowest BCUT2D eigenvalue weighted by molar-refractivity contribution is -0.139. The highest BCUT2D eigenvalue weighted by Gasteiger charge is 2.37. The Kier molecular flexibility index (Phi) is 13.3. The molecule has 0 bridgehead atoms. The van der Waals surface area contributed by atoms with E-state index in [-0.39, 0.29) is 29.3 Å². The molecule has 2 heterocycles. The molecule has 3 aromatic carbocycles. The lowest BCUT2D eigenvalue weighted by Crippen LogP contribution is -2.43. The Balaban J connectivity index is 0.00000149. The highest BCUT2D eigenvalue weighted by atomic mass is 19.4. The quantitative estimate of drug-likeness (QED) is 0.189. The predicted molar refractivity (Wildman–Crippen MR) is 185 cm³/mol. The molecule has 1 unspecified atom stereocenters. The van der Waals surface area contributed by atoms with Crippen molar-refractivity contribution in [1.82, 2.24) is 14.8 Å². The molecule has 5 rings (SSSR count). The van der Waals surface area contributed by atoms with Gasteiger partial charge in [0.25, 0.3) is 11.5 Å². The number of nitrogens with one attached hydrogen (secondary N) is 1. The maximum absolute atomic E-state index is 15.2. The number of pyridine rings is 1. The van der Waals surface area contributed by atoms with E-state index in [0.29, 0.717) is 60.8 Å². The first-order valence-electron chi connectivity index (χ1n) is 16.4. The number of rotatable bonds is 10. The van der Waals surface area contributed by atoms with Gasteiger partial charge in [-0.3, -0.25) is 9.59 Å². The molecule has 1 atom stereocenters. The van der Waals surface area contributed by atoms with E-state index in [9.17, 15) is 45.8 Å². The number of aliphatic carboxylic acids is 1. The lowest BCUT2D eigenvalue weighted by atomic mass is 9.94. The first kappa shape index (κ1) is 40.8. The summed E-state index contributed by atoms with van der Waals surface area (Å²) in [5, 5.41) is 12.3. The second-order valence-electron chi connectivity index (χ2n) is 12.8. The van der Waals surface area contributed by atoms with Crippen molar-refractivity contribution in [3.05, 3.63) is 110 Å². The second-order valence-corrected chi connectivity index (χ2v) is 12.8. The number of hydrogen-bond donors (Lipinski definition) is 2. The summed E-state index contributed by atoms with van der Waals surface area (Å²) in [7, 11) is 5.03. The van der Waals surface area contributed by atoms with Crippen LogP contribution in [0.3, 0.4) is 0 Å². The molecule has 16 heteroatoms. The number of anilines is 1. The number of carboxylic acid groups (broad SMARTS) is 1. The van der Waals surface area contributed by atoms with Gasteiger partial charge in [-0.05, 0) is 67.5 Å². The topological polar surface area (TPSA) is 104 Å². The summed E-state index contributed by atoms with van der Waals surface area (Å²) in [5.74, 6) is -3.08. The van der Waals surface area contributed by atoms with Crippen LogP contribution in [0.4, 0.5) is 36.4 Å². The van der Waals surface area contributed by atoms with Gasteiger partial charge < -0.3 is 29.5 Å². The molecule has 1 amide bonds. The third kappa shape index (κ3) is 10.3. The second kappa shape index (κ2) is 17.2. The van der Waals surface area contributed by atoms with Crippen LogP contribution in [-0.2, 0) is 42.1 Å². The number of carbonyl (C=O) groups excluding carboxylic acids is 1. The van der Waals surface area contributed by atoms with Crippen molar-refractivity contribution in [2.24, 2.45) is 7.05 Å². The van der Waals surface area contributed by atoms with E-state index in [1.807, 2.05) is 9.80 Å². The van der Waals surface area contributed by atoms with E-state index < -0.39 is 53.3 Å². The van der Waals surface area contributed by atoms with Gasteiger partial charge in [-0.2, -0.15) is 26.3 Å². The summed E-state index contributed by atoms with van der Waals surface area (Å²) in [6, 6.07) is 12.3. The summed E-state index contributed by atoms with van der Waals surface area (Å²) in [6.45, 7) is 0.414. The molecule has 1 aliphatic rings. The largest absolute Gasteiger partial charge is 0.480 e. The molecule has 53 heavy (non-hydrogen) atoms. The zero-order valence-corrected chi connectivity index (χ0v) is 29.4. The van der Waals surface area contributed by atoms with E-state index in [4.69, 9.17) is 4.74 Å². The number of aryl methyl sites for hydroxylation is 2. The molecule has 0 saturated carbocycles. The van der Waals surface area contributed by atoms with Gasteiger partial charge in [0.1, 0.15) is 11.9 Å². The molecular formula is C37H39F7N4O5. The lowest BCUT2D eigenvalue weighted by Gasteiger charge is -2.29. The van der Waals surface area contributed by atoms with E-state index in [1.54, 1.807) is 51.4 Å². The van der Waals surface area contributed by atoms with E-state index in [0.717, 1.165) is 0 Å². The van der Waals surface area contributed by atoms with Gasteiger partial charge in [-0.15, -0.1) is 0 Å². The number of fused-ring (bicyclic) bond motifs is 1. The highest BCUT2D eigenvalue weighted by molar-refractivity contribution is 5.98. The fourth-order valence-corrected chi connectivity index (χ4v) is 6.36. The summed E-state index contributed by atoms with van der Waals surface area (Å²) >= 11 is 0. The number of benzene rings is 3. The first-order chi connectivity index (χ1) is 24.9. The molecule has 0 radical (unpaired) electrons. The SMILES string of the molecule is Cc1cc(N2CCOCC2)cc(F)c1C(=O)NC(Cc1cccc(Cc2c(C(F)(F)F)c3cc(CN(C)C)ccc3n(C)c2=O)c1)C(=O)O.FC(F)F. The molecule has 4 aromatic rings. The Morgan fingerprint density at radius 3 is 2.21 bits per heavy atom. The number of hydrogen-bond acceptors (Lipinski definition) is 6. The molecule has 1 saturated heterocycles. The molecular weight excluding hydrogens is 713 g/mol. The number of halogens is 7. The average Bonchev–Trinajstić information content (AvgIpc) is 3.06. The van der Waals surface area contributed by atoms with Crippen molar-refractivity contribution >= 4 is 28.5 Å². The van der Waals surface area contributed by atoms with E-state index in [1.165, 1.54) is 35.9 Å². The molecule has 1 fully saturated rings. The number of nitrogens with zero attached hydrogens (tertiary/aromatic N) is 3. The van der Waals surface area contributed by atoms with Crippen LogP contribution in [0.2, 0.25) is 0 Å².